The van der Waals surface area contributed by atoms with E-state index in [4.69, 9.17) is 4.74 Å². The fourth-order valence-corrected chi connectivity index (χ4v) is 7.63. The number of aromatic amines is 1. The Bertz CT molecular complexity index is 1940. The number of allylic oxidation sites excluding steroid dienone is 1. The number of aryl methyl sites for hydroxylation is 1. The normalized spacial score (nSPS) is 23.2. The van der Waals surface area contributed by atoms with Crippen LogP contribution in [-0.2, 0) is 16.1 Å². The third-order valence-electron chi connectivity index (χ3n) is 10.2. The van der Waals surface area contributed by atoms with Crippen LogP contribution in [0.1, 0.15) is 66.8 Å². The molecule has 3 aromatic carbocycles. The van der Waals surface area contributed by atoms with E-state index in [9.17, 15) is 14.4 Å². The average molecular weight is 632 g/mol. The van der Waals surface area contributed by atoms with Crippen molar-refractivity contribution in [2.24, 2.45) is 5.92 Å². The van der Waals surface area contributed by atoms with E-state index in [-0.39, 0.29) is 24.0 Å². The third-order valence-corrected chi connectivity index (χ3v) is 10.2. The van der Waals surface area contributed by atoms with Crippen molar-refractivity contribution in [3.8, 4) is 0 Å². The Hall–Kier alpha value is -5.05. The number of likely N-dealkylation sites (N-methyl/N-ethyl adjacent to an activating group) is 1. The summed E-state index contributed by atoms with van der Waals surface area (Å²) in [5.74, 6) is 0.279. The molecule has 242 valence electrons. The number of benzene rings is 3. The summed E-state index contributed by atoms with van der Waals surface area (Å²) in [5.41, 5.74) is 6.98. The molecule has 5 heterocycles. The standard InChI is InChI=1S/C38H41N5O4/c1-22-17-27-8-13-32(22)23(2)21-47-38(46)41-29-10-14-34(43-24(3)25-6-11-31(43)12-7-25)28(18-29)20-42(4)37(45)35(27)40-30-9-5-26-15-16-39-36(44)33(26)19-30/h5,8-10,13-19,23,25,31,35,40H,3,6-7,11-12,20-21H2,1-2,4H3,(H,39,44)(H,41,46)/t23-,25?,31?,35+/m0/s1. The zero-order chi connectivity index (χ0) is 32.8. The van der Waals surface area contributed by atoms with Gasteiger partial charge >= 0.3 is 6.09 Å². The SMILES string of the molecule is C=C1C2CCC(CC2)N1c1ccc2cc1CN(C)C(=O)[C@H](Nc1ccc3cc[nH]c(=O)c3c1)c1ccc(c(C)c1)[C@@H](C)COC(=O)N2. The molecule has 9 nitrogen and oxygen atoms in total. The number of rotatable bonds is 3. The lowest BCUT2D eigenvalue weighted by Crippen LogP contribution is -2.46. The minimum absolute atomic E-state index is 0.0572. The number of anilines is 3. The van der Waals surface area contributed by atoms with E-state index in [1.54, 1.807) is 17.2 Å². The number of carbonyl (C=O) groups excluding carboxylic acids is 2. The topological polar surface area (TPSA) is 107 Å². The van der Waals surface area contributed by atoms with Crippen LogP contribution < -0.4 is 21.1 Å². The number of H-pyrrole nitrogens is 1. The number of nitrogens with one attached hydrogen (secondary N) is 3. The summed E-state index contributed by atoms with van der Waals surface area (Å²) >= 11 is 0. The number of aromatic nitrogens is 1. The van der Waals surface area contributed by atoms with Crippen LogP contribution in [0.15, 0.2) is 83.9 Å². The number of nitrogens with zero attached hydrogens (tertiary/aromatic N) is 2. The Labute approximate surface area is 274 Å². The van der Waals surface area contributed by atoms with Crippen molar-refractivity contribution in [2.75, 3.05) is 29.2 Å². The van der Waals surface area contributed by atoms with Crippen molar-refractivity contribution in [3.05, 3.63) is 112 Å². The molecule has 9 heteroatoms. The quantitative estimate of drug-likeness (QED) is 0.221. The van der Waals surface area contributed by atoms with E-state index in [0.717, 1.165) is 64.7 Å². The van der Waals surface area contributed by atoms with Crippen LogP contribution >= 0.6 is 0 Å². The fraction of sp³-hybridized carbons (Fsp3) is 0.342. The molecule has 4 aromatic rings. The van der Waals surface area contributed by atoms with Crippen molar-refractivity contribution in [1.29, 1.82) is 0 Å². The molecule has 0 spiro atoms. The van der Waals surface area contributed by atoms with Crippen LogP contribution in [0.4, 0.5) is 21.9 Å². The van der Waals surface area contributed by atoms with Gasteiger partial charge in [0.25, 0.3) is 5.56 Å². The number of pyridine rings is 1. The monoisotopic (exact) mass is 631 g/mol. The maximum Gasteiger partial charge on any atom is 0.411 e. The van der Waals surface area contributed by atoms with Gasteiger partial charge in [0.05, 0.1) is 6.61 Å². The fourth-order valence-electron chi connectivity index (χ4n) is 7.63. The molecule has 2 amide bonds. The first kappa shape index (κ1) is 30.6. The van der Waals surface area contributed by atoms with E-state index in [1.807, 2.05) is 75.5 Å². The lowest BCUT2D eigenvalue weighted by Gasteiger charge is -2.49. The van der Waals surface area contributed by atoms with E-state index in [0.29, 0.717) is 35.3 Å². The molecule has 6 bridgehead atoms. The molecule has 5 aliphatic rings. The maximum atomic E-state index is 14.5. The number of amides is 2. The van der Waals surface area contributed by atoms with Crippen molar-refractivity contribution >= 4 is 39.8 Å². The van der Waals surface area contributed by atoms with Gasteiger partial charge in [0.2, 0.25) is 5.91 Å². The van der Waals surface area contributed by atoms with Crippen LogP contribution in [0, 0.1) is 12.8 Å². The predicted octanol–water partition coefficient (Wildman–Crippen LogP) is 7.21. The smallest absolute Gasteiger partial charge is 0.411 e. The van der Waals surface area contributed by atoms with Crippen molar-refractivity contribution in [2.45, 2.75) is 64.1 Å². The van der Waals surface area contributed by atoms with Gasteiger partial charge in [-0.3, -0.25) is 14.9 Å². The number of piperidine rings is 2. The molecule has 47 heavy (non-hydrogen) atoms. The summed E-state index contributed by atoms with van der Waals surface area (Å²) in [4.78, 5) is 46.9. The summed E-state index contributed by atoms with van der Waals surface area (Å²) in [7, 11) is 1.81. The van der Waals surface area contributed by atoms with Crippen molar-refractivity contribution < 1.29 is 14.3 Å². The van der Waals surface area contributed by atoms with E-state index >= 15 is 0 Å². The Morgan fingerprint density at radius 3 is 2.53 bits per heavy atom. The third kappa shape index (κ3) is 5.86. The molecule has 2 saturated heterocycles. The highest BCUT2D eigenvalue weighted by Crippen LogP contribution is 2.45. The van der Waals surface area contributed by atoms with Crippen molar-refractivity contribution in [1.82, 2.24) is 9.88 Å². The lowest BCUT2D eigenvalue weighted by molar-refractivity contribution is -0.131. The van der Waals surface area contributed by atoms with Gasteiger partial charge in [-0.1, -0.05) is 37.8 Å². The first-order valence-electron chi connectivity index (χ1n) is 16.4. The highest BCUT2D eigenvalue weighted by Gasteiger charge is 2.38. The first-order valence-corrected chi connectivity index (χ1v) is 16.4. The predicted molar refractivity (Wildman–Crippen MR) is 186 cm³/mol. The number of hydrogen-bond acceptors (Lipinski definition) is 6. The molecule has 3 fully saturated rings. The number of carbonyl (C=O) groups is 2. The molecule has 9 rings (SSSR count). The molecular formula is C38H41N5O4. The second-order valence-corrected chi connectivity index (χ2v) is 13.3. The van der Waals surface area contributed by atoms with Crippen LogP contribution in [0.3, 0.4) is 0 Å². The summed E-state index contributed by atoms with van der Waals surface area (Å²) < 4.78 is 5.67. The van der Waals surface area contributed by atoms with E-state index in [2.05, 4.69) is 27.1 Å². The van der Waals surface area contributed by atoms with Crippen molar-refractivity contribution in [3.63, 3.8) is 0 Å². The summed E-state index contributed by atoms with van der Waals surface area (Å²) in [6, 6.07) is 18.9. The van der Waals surface area contributed by atoms with Crippen LogP contribution in [0.25, 0.3) is 10.8 Å². The average Bonchev–Trinajstić information content (AvgIpc) is 3.07. The van der Waals surface area contributed by atoms with Gasteiger partial charge in [-0.15, -0.1) is 0 Å². The van der Waals surface area contributed by atoms with Crippen LogP contribution in [0.2, 0.25) is 0 Å². The van der Waals surface area contributed by atoms with Crippen LogP contribution in [-0.4, -0.2) is 41.6 Å². The summed E-state index contributed by atoms with van der Waals surface area (Å²) in [5, 5.41) is 7.75. The molecule has 2 atom stereocenters. The Balaban J connectivity index is 1.30. The van der Waals surface area contributed by atoms with Gasteiger partial charge < -0.3 is 24.8 Å². The summed E-state index contributed by atoms with van der Waals surface area (Å²) in [6.07, 6.45) is 5.65. The first-order chi connectivity index (χ1) is 22.7. The molecule has 4 aliphatic heterocycles. The Morgan fingerprint density at radius 2 is 1.77 bits per heavy atom. The zero-order valence-corrected chi connectivity index (χ0v) is 27.1. The molecule has 1 aliphatic carbocycles. The number of fused-ring (bicyclic) bond motifs is 13. The van der Waals surface area contributed by atoms with Gasteiger partial charge in [-0.2, -0.15) is 0 Å². The Morgan fingerprint density at radius 1 is 0.957 bits per heavy atom. The van der Waals surface area contributed by atoms with E-state index < -0.39 is 12.1 Å². The molecule has 1 saturated carbocycles. The molecule has 0 unspecified atom stereocenters. The van der Waals surface area contributed by atoms with Gasteiger partial charge in [-0.05, 0) is 103 Å². The van der Waals surface area contributed by atoms with Gasteiger partial charge in [0, 0.05) is 59.9 Å². The minimum atomic E-state index is -0.722. The maximum absolute atomic E-state index is 14.5. The highest BCUT2D eigenvalue weighted by molar-refractivity contribution is 5.89. The number of hydrogen-bond donors (Lipinski definition) is 3. The second kappa shape index (κ2) is 12.3. The van der Waals surface area contributed by atoms with Gasteiger partial charge in [0.1, 0.15) is 6.04 Å². The molecule has 3 N–H and O–H groups in total. The zero-order valence-electron chi connectivity index (χ0n) is 27.1. The lowest BCUT2D eigenvalue weighted by atomic mass is 9.77. The summed E-state index contributed by atoms with van der Waals surface area (Å²) in [6.45, 7) is 9.04. The highest BCUT2D eigenvalue weighted by atomic mass is 16.5. The largest absolute Gasteiger partial charge is 0.449 e. The molecule has 0 radical (unpaired) electrons. The van der Waals surface area contributed by atoms with E-state index in [1.165, 1.54) is 0 Å². The Kier molecular flexibility index (Phi) is 7.99. The minimum Gasteiger partial charge on any atom is -0.449 e. The second-order valence-electron chi connectivity index (χ2n) is 13.3. The number of ether oxygens (including phenoxy) is 1. The van der Waals surface area contributed by atoms with Gasteiger partial charge in [0.15, 0.2) is 0 Å². The molecule has 1 aromatic heterocycles. The van der Waals surface area contributed by atoms with Crippen LogP contribution in [0.5, 0.6) is 0 Å². The molecular weight excluding hydrogens is 590 g/mol. The van der Waals surface area contributed by atoms with Gasteiger partial charge in [-0.25, -0.2) is 4.79 Å².